The first kappa shape index (κ1) is 14.8. The van der Waals surface area contributed by atoms with Crippen LogP contribution in [0.4, 0.5) is 0 Å². The molecule has 0 fully saturated rings. The van der Waals surface area contributed by atoms with Crippen molar-refractivity contribution in [3.05, 3.63) is 35.9 Å². The molecule has 3 nitrogen and oxygen atoms in total. The molecule has 0 N–H and O–H groups in total. The topological polar surface area (TPSA) is 35.5 Å². The molecular weight excluding hydrogens is 255 g/mol. The fourth-order valence-corrected chi connectivity index (χ4v) is 4.50. The fourth-order valence-electron chi connectivity index (χ4n) is 1.35. The van der Waals surface area contributed by atoms with Crippen molar-refractivity contribution in [2.75, 3.05) is 18.7 Å². The quantitative estimate of drug-likeness (QED) is 0.667. The van der Waals surface area contributed by atoms with E-state index in [2.05, 4.69) is 12.1 Å². The molecule has 0 aliphatic rings. The lowest BCUT2D eigenvalue weighted by Crippen LogP contribution is -1.98. The monoisotopic (exact) mass is 274 g/mol. The zero-order valence-electron chi connectivity index (χ0n) is 10.3. The van der Waals surface area contributed by atoms with E-state index in [9.17, 15) is 4.57 Å². The summed E-state index contributed by atoms with van der Waals surface area (Å²) in [5.41, 5.74) is 1.63. The minimum Gasteiger partial charge on any atom is -0.308 e. The summed E-state index contributed by atoms with van der Waals surface area (Å²) >= 11 is 1.58. The maximum absolute atomic E-state index is 12.1. The van der Waals surface area contributed by atoms with Crippen LogP contribution in [-0.2, 0) is 19.4 Å². The highest BCUT2D eigenvalue weighted by atomic mass is 32.2. The Morgan fingerprint density at radius 3 is 2.24 bits per heavy atom. The molecule has 0 heterocycles. The van der Waals surface area contributed by atoms with Gasteiger partial charge in [-0.15, -0.1) is 11.8 Å². The third-order valence-electron chi connectivity index (χ3n) is 2.01. The van der Waals surface area contributed by atoms with Gasteiger partial charge in [0.15, 0.2) is 0 Å². The standard InChI is InChI=1S/C12H19O3PS/c1-3-14-16(13,15-4-2)11-17-10-12-8-6-5-7-9-12/h5-9H,3-4,10-11H2,1-2H3. The van der Waals surface area contributed by atoms with Gasteiger partial charge in [-0.05, 0) is 19.4 Å². The molecule has 0 aromatic heterocycles. The number of thioether (sulfide) groups is 1. The van der Waals surface area contributed by atoms with Gasteiger partial charge in [0.2, 0.25) is 0 Å². The Bertz CT molecular complexity index is 346. The molecule has 0 aliphatic carbocycles. The first-order valence-corrected chi connectivity index (χ1v) is 8.58. The minimum absolute atomic E-state index is 0.406. The van der Waals surface area contributed by atoms with Crippen molar-refractivity contribution in [1.82, 2.24) is 0 Å². The van der Waals surface area contributed by atoms with Crippen LogP contribution in [0.5, 0.6) is 0 Å². The van der Waals surface area contributed by atoms with Gasteiger partial charge in [-0.3, -0.25) is 4.57 Å². The molecule has 0 amide bonds. The lowest BCUT2D eigenvalue weighted by Gasteiger charge is -2.16. The van der Waals surface area contributed by atoms with E-state index in [1.54, 1.807) is 11.8 Å². The van der Waals surface area contributed by atoms with Gasteiger partial charge >= 0.3 is 7.60 Å². The molecule has 0 saturated heterocycles. The van der Waals surface area contributed by atoms with E-state index >= 15 is 0 Å². The van der Waals surface area contributed by atoms with Crippen molar-refractivity contribution in [2.24, 2.45) is 0 Å². The van der Waals surface area contributed by atoms with Crippen molar-refractivity contribution in [3.8, 4) is 0 Å². The van der Waals surface area contributed by atoms with Gasteiger partial charge in [0.05, 0.1) is 18.7 Å². The van der Waals surface area contributed by atoms with Crippen LogP contribution in [-0.4, -0.2) is 18.7 Å². The molecular formula is C12H19O3PS. The van der Waals surface area contributed by atoms with Gasteiger partial charge in [0, 0.05) is 5.75 Å². The fraction of sp³-hybridized carbons (Fsp3) is 0.500. The van der Waals surface area contributed by atoms with Gasteiger partial charge in [0.25, 0.3) is 0 Å². The Kier molecular flexibility index (Phi) is 6.90. The summed E-state index contributed by atoms with van der Waals surface area (Å²) < 4.78 is 22.6. The summed E-state index contributed by atoms with van der Waals surface area (Å²) in [5.74, 6) is 0.824. The largest absolute Gasteiger partial charge is 0.340 e. The van der Waals surface area contributed by atoms with E-state index in [0.717, 1.165) is 5.75 Å². The molecule has 0 unspecified atom stereocenters. The molecule has 5 heteroatoms. The van der Waals surface area contributed by atoms with Crippen molar-refractivity contribution in [2.45, 2.75) is 19.6 Å². The normalized spacial score (nSPS) is 11.6. The van der Waals surface area contributed by atoms with Crippen LogP contribution >= 0.6 is 19.4 Å². The molecule has 0 radical (unpaired) electrons. The summed E-state index contributed by atoms with van der Waals surface area (Å²) in [5, 5.41) is 0. The predicted molar refractivity (Wildman–Crippen MR) is 73.5 cm³/mol. The zero-order valence-corrected chi connectivity index (χ0v) is 12.0. The van der Waals surface area contributed by atoms with Gasteiger partial charge < -0.3 is 9.05 Å². The van der Waals surface area contributed by atoms with Crippen molar-refractivity contribution < 1.29 is 13.6 Å². The Morgan fingerprint density at radius 1 is 1.12 bits per heavy atom. The van der Waals surface area contributed by atoms with E-state index < -0.39 is 7.60 Å². The van der Waals surface area contributed by atoms with Gasteiger partial charge in [0.1, 0.15) is 0 Å². The van der Waals surface area contributed by atoms with E-state index in [-0.39, 0.29) is 0 Å². The smallest absolute Gasteiger partial charge is 0.308 e. The van der Waals surface area contributed by atoms with Crippen LogP contribution in [0.15, 0.2) is 30.3 Å². The summed E-state index contributed by atoms with van der Waals surface area (Å²) in [6.45, 7) is 4.49. The SMILES string of the molecule is CCOP(=O)(CSCc1ccccc1)OCC. The zero-order chi connectivity index (χ0) is 12.6. The highest BCUT2D eigenvalue weighted by Crippen LogP contribution is 2.51. The molecule has 1 aromatic carbocycles. The van der Waals surface area contributed by atoms with E-state index in [1.807, 2.05) is 32.0 Å². The molecule has 1 rings (SSSR count). The van der Waals surface area contributed by atoms with Crippen LogP contribution in [0, 0.1) is 0 Å². The van der Waals surface area contributed by atoms with Crippen LogP contribution in [0.25, 0.3) is 0 Å². The number of hydrogen-bond acceptors (Lipinski definition) is 4. The lowest BCUT2D eigenvalue weighted by atomic mass is 10.2. The third kappa shape index (κ3) is 5.73. The van der Waals surface area contributed by atoms with Crippen LogP contribution < -0.4 is 0 Å². The number of rotatable bonds is 8. The summed E-state index contributed by atoms with van der Waals surface area (Å²) in [6, 6.07) is 10.1. The second-order valence-electron chi connectivity index (χ2n) is 3.41. The van der Waals surface area contributed by atoms with E-state index in [1.165, 1.54) is 5.56 Å². The second kappa shape index (κ2) is 7.93. The molecule has 1 aromatic rings. The average molecular weight is 274 g/mol. The third-order valence-corrected chi connectivity index (χ3v) is 5.85. The minimum atomic E-state index is -2.89. The molecule has 96 valence electrons. The van der Waals surface area contributed by atoms with E-state index in [0.29, 0.717) is 18.7 Å². The maximum Gasteiger partial charge on any atom is 0.340 e. The Morgan fingerprint density at radius 2 is 1.71 bits per heavy atom. The number of benzene rings is 1. The summed E-state index contributed by atoms with van der Waals surface area (Å²) in [7, 11) is -2.89. The van der Waals surface area contributed by atoms with Crippen LogP contribution in [0.2, 0.25) is 0 Å². The summed E-state index contributed by atoms with van der Waals surface area (Å²) in [4.78, 5) is 0. The molecule has 17 heavy (non-hydrogen) atoms. The molecule has 0 saturated carbocycles. The Balaban J connectivity index is 2.40. The Labute approximate surface area is 107 Å². The number of hydrogen-bond donors (Lipinski definition) is 0. The van der Waals surface area contributed by atoms with Crippen molar-refractivity contribution >= 4 is 19.4 Å². The highest BCUT2D eigenvalue weighted by Gasteiger charge is 2.22. The highest BCUT2D eigenvalue weighted by molar-refractivity contribution is 8.03. The van der Waals surface area contributed by atoms with Gasteiger partial charge in [-0.2, -0.15) is 0 Å². The average Bonchev–Trinajstić information content (AvgIpc) is 2.31. The molecule has 0 bridgehead atoms. The first-order chi connectivity index (χ1) is 8.20. The second-order valence-corrected chi connectivity index (χ2v) is 6.88. The van der Waals surface area contributed by atoms with E-state index in [4.69, 9.17) is 9.05 Å². The molecule has 0 atom stereocenters. The van der Waals surface area contributed by atoms with Crippen LogP contribution in [0.3, 0.4) is 0 Å². The molecule has 0 spiro atoms. The molecule has 0 aliphatic heterocycles. The van der Waals surface area contributed by atoms with Gasteiger partial charge in [-0.25, -0.2) is 0 Å². The Hall–Kier alpha value is -0.280. The summed E-state index contributed by atoms with van der Waals surface area (Å²) in [6.07, 6.45) is 0. The lowest BCUT2D eigenvalue weighted by molar-refractivity contribution is 0.224. The van der Waals surface area contributed by atoms with Gasteiger partial charge in [-0.1, -0.05) is 30.3 Å². The first-order valence-electron chi connectivity index (χ1n) is 5.70. The van der Waals surface area contributed by atoms with Crippen molar-refractivity contribution in [1.29, 1.82) is 0 Å². The van der Waals surface area contributed by atoms with Crippen LogP contribution in [0.1, 0.15) is 19.4 Å². The predicted octanol–water partition coefficient (Wildman–Crippen LogP) is 4.14. The van der Waals surface area contributed by atoms with Crippen molar-refractivity contribution in [3.63, 3.8) is 0 Å². The maximum atomic E-state index is 12.1.